The minimum absolute atomic E-state index is 0.00399. The van der Waals surface area contributed by atoms with E-state index >= 15 is 0 Å². The molecule has 9 nitrogen and oxygen atoms in total. The van der Waals surface area contributed by atoms with Gasteiger partial charge in [0.1, 0.15) is 12.1 Å². The molecular formula is C23H35F3N5O4S+. The summed E-state index contributed by atoms with van der Waals surface area (Å²) in [4.78, 5) is 52.4. The Hall–Kier alpha value is -2.02. The number of halogens is 3. The molecule has 1 aliphatic carbocycles. The fourth-order valence-electron chi connectivity index (χ4n) is 5.77. The molecule has 1 saturated carbocycles. The Kier molecular flexibility index (Phi) is 6.81. The molecule has 3 heterocycles. The zero-order chi connectivity index (χ0) is 26.8. The second-order valence-corrected chi connectivity index (χ2v) is 13.1. The zero-order valence-corrected chi connectivity index (χ0v) is 21.9. The van der Waals surface area contributed by atoms with E-state index in [1.807, 2.05) is 19.2 Å². The van der Waals surface area contributed by atoms with Gasteiger partial charge in [-0.15, -0.1) is 0 Å². The molecule has 13 heteroatoms. The number of hydrogen-bond donors (Lipinski definition) is 4. The predicted octanol–water partition coefficient (Wildman–Crippen LogP) is 0.233. The normalized spacial score (nSPS) is 32.3. The van der Waals surface area contributed by atoms with Gasteiger partial charge in [-0.2, -0.15) is 13.2 Å². The zero-order valence-electron chi connectivity index (χ0n) is 21.0. The molecule has 0 aromatic heterocycles. The van der Waals surface area contributed by atoms with Crippen LogP contribution in [0.3, 0.4) is 0 Å². The number of alkyl halides is 3. The van der Waals surface area contributed by atoms with Gasteiger partial charge in [0.05, 0.1) is 18.0 Å². The fraction of sp³-hybridized carbons (Fsp3) is 0.826. The number of nitrogens with one attached hydrogen (secondary N) is 4. The lowest BCUT2D eigenvalue weighted by Crippen LogP contribution is -2.61. The van der Waals surface area contributed by atoms with E-state index in [2.05, 4.69) is 15.4 Å². The first-order chi connectivity index (χ1) is 16.5. The van der Waals surface area contributed by atoms with Gasteiger partial charge in [0.15, 0.2) is 0 Å². The molecule has 0 unspecified atom stereocenters. The number of fused-ring (bicyclic) bond motifs is 1. The molecule has 0 aromatic carbocycles. The number of carbonyl (C=O) groups excluding carboxylic acids is 4. The van der Waals surface area contributed by atoms with Crippen LogP contribution in [0.5, 0.6) is 0 Å². The average molecular weight is 535 g/mol. The molecule has 4 rings (SSSR count). The summed E-state index contributed by atoms with van der Waals surface area (Å²) in [5, 5.41) is 7.71. The van der Waals surface area contributed by atoms with Crippen LogP contribution in [-0.4, -0.2) is 71.3 Å². The number of amides is 4. The van der Waals surface area contributed by atoms with E-state index in [1.165, 1.54) is 4.90 Å². The van der Waals surface area contributed by atoms with Gasteiger partial charge in [0, 0.05) is 19.0 Å². The summed E-state index contributed by atoms with van der Waals surface area (Å²) in [7, 11) is 0. The van der Waals surface area contributed by atoms with E-state index < -0.39 is 35.5 Å². The second-order valence-electron chi connectivity index (χ2n) is 12.0. The van der Waals surface area contributed by atoms with Crippen molar-refractivity contribution in [2.24, 2.45) is 28.6 Å². The Morgan fingerprint density at radius 1 is 1.19 bits per heavy atom. The SMILES string of the molecule is CC(C)(C)[C@H](NC(=O)C(F)(F)F)C(=O)N1C[C@H]2[C@@H]([C@H]1C(=O)N[C@@H](C[C@@H]1CCNC1=O)[C@@H]1N[SH+]1)C2(C)C. The summed E-state index contributed by atoms with van der Waals surface area (Å²) in [5.74, 6) is -3.60. The number of carbonyl (C=O) groups is 4. The number of likely N-dealkylation sites (tertiary alicyclic amines) is 1. The number of hydrogen-bond acceptors (Lipinski definition) is 5. The van der Waals surface area contributed by atoms with Crippen molar-refractivity contribution in [1.29, 1.82) is 0 Å². The molecular weight excluding hydrogens is 499 g/mol. The van der Waals surface area contributed by atoms with Crippen LogP contribution in [-0.2, 0) is 31.1 Å². The lowest BCUT2D eigenvalue weighted by molar-refractivity contribution is -0.176. The highest BCUT2D eigenvalue weighted by molar-refractivity contribution is 7.84. The van der Waals surface area contributed by atoms with Crippen molar-refractivity contribution < 1.29 is 32.3 Å². The van der Waals surface area contributed by atoms with Crippen molar-refractivity contribution in [2.75, 3.05) is 13.1 Å². The highest BCUT2D eigenvalue weighted by atomic mass is 32.2. The molecule has 3 saturated heterocycles. The quantitative estimate of drug-likeness (QED) is 0.211. The van der Waals surface area contributed by atoms with E-state index in [0.717, 1.165) is 11.9 Å². The number of piperidine rings is 1. The highest BCUT2D eigenvalue weighted by Gasteiger charge is 2.70. The van der Waals surface area contributed by atoms with Crippen LogP contribution in [0.15, 0.2) is 0 Å². The van der Waals surface area contributed by atoms with E-state index in [0.29, 0.717) is 19.4 Å². The average Bonchev–Trinajstić information content (AvgIpc) is 3.56. The first kappa shape index (κ1) is 27.0. The maximum atomic E-state index is 13.6. The van der Waals surface area contributed by atoms with Crippen LogP contribution in [0.25, 0.3) is 0 Å². The maximum Gasteiger partial charge on any atom is 0.471 e. The third-order valence-electron chi connectivity index (χ3n) is 8.09. The van der Waals surface area contributed by atoms with Crippen LogP contribution in [0.4, 0.5) is 13.2 Å². The summed E-state index contributed by atoms with van der Waals surface area (Å²) in [5.41, 5.74) is -1.21. The summed E-state index contributed by atoms with van der Waals surface area (Å²) in [6, 6.07) is -2.63. The van der Waals surface area contributed by atoms with Gasteiger partial charge in [0.2, 0.25) is 23.1 Å². The summed E-state index contributed by atoms with van der Waals surface area (Å²) in [6.07, 6.45) is -3.98. The first-order valence-corrected chi connectivity index (χ1v) is 13.2. The van der Waals surface area contributed by atoms with E-state index in [9.17, 15) is 32.3 Å². The van der Waals surface area contributed by atoms with E-state index in [1.54, 1.807) is 20.8 Å². The van der Waals surface area contributed by atoms with Crippen LogP contribution in [0.1, 0.15) is 47.5 Å². The van der Waals surface area contributed by atoms with Gasteiger partial charge in [-0.1, -0.05) is 39.3 Å². The van der Waals surface area contributed by atoms with Gasteiger partial charge < -0.3 is 20.9 Å². The van der Waals surface area contributed by atoms with Gasteiger partial charge in [0.25, 0.3) is 0 Å². The van der Waals surface area contributed by atoms with Crippen LogP contribution >= 0.6 is 0 Å². The standard InChI is InChI=1S/C23H34F3N5O4S/c1-21(2,3)15(29-20(35)23(24,25)26)19(34)31-9-11-13(22(11,4)5)14(31)17(33)28-12(18-30-36-18)8-10-6-7-27-16(10)32/h10-15,18,30H,6-9H2,1-5H3,(H,27,32)(H,28,33)(H,29,35)/p+1/t10-,11-,12-,13-,14-,15+,18+/m0/s1. The van der Waals surface area contributed by atoms with Crippen molar-refractivity contribution in [2.45, 2.75) is 77.1 Å². The molecule has 0 aromatic rings. The van der Waals surface area contributed by atoms with Gasteiger partial charge in [-0.3, -0.25) is 19.2 Å². The van der Waals surface area contributed by atoms with Crippen molar-refractivity contribution >= 4 is 35.6 Å². The van der Waals surface area contributed by atoms with Crippen molar-refractivity contribution in [1.82, 2.24) is 25.6 Å². The summed E-state index contributed by atoms with van der Waals surface area (Å²) >= 11 is 0.955. The number of rotatable bonds is 7. The molecule has 4 aliphatic rings. The lowest BCUT2D eigenvalue weighted by atomic mass is 9.85. The first-order valence-electron chi connectivity index (χ1n) is 12.2. The Morgan fingerprint density at radius 3 is 2.33 bits per heavy atom. The molecule has 4 N–H and O–H groups in total. The van der Waals surface area contributed by atoms with Crippen LogP contribution in [0, 0.1) is 28.6 Å². The summed E-state index contributed by atoms with van der Waals surface area (Å²) in [6.45, 7) is 9.57. The van der Waals surface area contributed by atoms with E-state index in [-0.39, 0.29) is 52.9 Å². The van der Waals surface area contributed by atoms with Crippen LogP contribution < -0.4 is 20.7 Å². The van der Waals surface area contributed by atoms with Crippen molar-refractivity contribution in [3.63, 3.8) is 0 Å². The summed E-state index contributed by atoms with van der Waals surface area (Å²) < 4.78 is 42.1. The molecule has 0 radical (unpaired) electrons. The Labute approximate surface area is 212 Å². The van der Waals surface area contributed by atoms with Crippen molar-refractivity contribution in [3.05, 3.63) is 0 Å². The predicted molar refractivity (Wildman–Crippen MR) is 127 cm³/mol. The third-order valence-corrected chi connectivity index (χ3v) is 9.01. The minimum atomic E-state index is -5.13. The molecule has 3 aliphatic heterocycles. The molecule has 0 bridgehead atoms. The Bertz CT molecular complexity index is 949. The number of thiol groups is 1. The van der Waals surface area contributed by atoms with E-state index in [4.69, 9.17) is 0 Å². The largest absolute Gasteiger partial charge is 0.471 e. The maximum absolute atomic E-state index is 13.6. The Balaban J connectivity index is 1.53. The van der Waals surface area contributed by atoms with Crippen molar-refractivity contribution in [3.8, 4) is 0 Å². The highest BCUT2D eigenvalue weighted by Crippen LogP contribution is 2.65. The lowest BCUT2D eigenvalue weighted by Gasteiger charge is -2.38. The van der Waals surface area contributed by atoms with Gasteiger partial charge in [-0.05, 0) is 35.5 Å². The molecule has 4 fully saturated rings. The topological polar surface area (TPSA) is 130 Å². The molecule has 202 valence electrons. The van der Waals surface area contributed by atoms with Crippen LogP contribution in [0.2, 0.25) is 0 Å². The molecule has 7 atom stereocenters. The smallest absolute Gasteiger partial charge is 0.356 e. The molecule has 4 amide bonds. The second kappa shape index (κ2) is 9.07. The van der Waals surface area contributed by atoms with Gasteiger partial charge in [-0.25, -0.2) is 0 Å². The molecule has 0 spiro atoms. The molecule has 36 heavy (non-hydrogen) atoms. The minimum Gasteiger partial charge on any atom is -0.356 e. The van der Waals surface area contributed by atoms with Gasteiger partial charge >= 0.3 is 12.1 Å². The number of nitrogens with zero attached hydrogens (tertiary/aromatic N) is 1. The fourth-order valence-corrected chi connectivity index (χ4v) is 6.42. The monoisotopic (exact) mass is 534 g/mol. The third kappa shape index (κ3) is 5.18. The Morgan fingerprint density at radius 2 is 1.83 bits per heavy atom.